The van der Waals surface area contributed by atoms with Gasteiger partial charge in [0.25, 0.3) is 0 Å². The van der Waals surface area contributed by atoms with Crippen LogP contribution in [0.3, 0.4) is 0 Å². The predicted molar refractivity (Wildman–Crippen MR) is 357 cm³/mol. The number of esters is 1. The first-order valence-electron chi connectivity index (χ1n) is 31.7. The first-order chi connectivity index (χ1) is 43.4. The Morgan fingerprint density at radius 3 is 1.52 bits per heavy atom. The summed E-state index contributed by atoms with van der Waals surface area (Å²) in [5.74, 6) is -4.90. The van der Waals surface area contributed by atoms with E-state index in [1.54, 1.807) is 147 Å². The smallest absolute Gasteiger partial charge is 0.408 e. The van der Waals surface area contributed by atoms with Crippen LogP contribution in [0, 0.1) is 0 Å². The Morgan fingerprint density at radius 1 is 0.473 bits per heavy atom. The average molecular weight is 1290 g/mol. The number of rotatable bonds is 30. The molecule has 7 amide bonds. The Bertz CT molecular complexity index is 3270. The standard InChI is InChI=1S/C71H100N8O14/c1-44(90-68(6,7)8)57(62(83)75-54(40-46-28-20-18-21-29-46)61(82)79-58(45(2)91-69(9,10)11)63(84)76-56(64(85)88-17)43-89-67(3,4)5)78-59(80)53(34-26-27-39-72-65(86)92-70(12,13)14)74-60(81)55(41-49-42-73-52-33-25-24-32-51(49)52)77-66(87)93-71(15,16)50-37-35-48(36-38-50)47-30-22-19-23-31-47/h18-25,28-33,35-38,42,44-45,53-58,73H,26-27,34,39-41,43H2,1-17H3,(H,72,86)(H,74,81)(H,75,83)(H,76,84)(H,77,87)(H,78,80)(H,79,82)/t44-,45-,53+,54+,55+,56+,57+,58+/m1/s1. The fraction of sp³-hybridized carbons (Fsp3) is 0.521. The number of fused-ring (bicyclic) bond motifs is 1. The van der Waals surface area contributed by atoms with E-state index in [1.807, 2.05) is 78.9 Å². The normalized spacial score (nSPS) is 14.7. The highest BCUT2D eigenvalue weighted by Gasteiger charge is 2.40. The Balaban J connectivity index is 1.50. The fourth-order valence-corrected chi connectivity index (χ4v) is 10.2. The molecule has 22 heteroatoms. The lowest BCUT2D eigenvalue weighted by molar-refractivity contribution is -0.150. The van der Waals surface area contributed by atoms with Crippen molar-refractivity contribution in [1.82, 2.24) is 42.2 Å². The third kappa shape index (κ3) is 25.6. The number of amides is 7. The van der Waals surface area contributed by atoms with Crippen molar-refractivity contribution in [3.05, 3.63) is 132 Å². The number of benzene rings is 4. The number of hydrogen-bond acceptors (Lipinski definition) is 14. The van der Waals surface area contributed by atoms with Crippen LogP contribution in [0.5, 0.6) is 0 Å². The van der Waals surface area contributed by atoms with Crippen molar-refractivity contribution in [2.75, 3.05) is 20.3 Å². The maximum Gasteiger partial charge on any atom is 0.408 e. The molecule has 0 saturated carbocycles. The van der Waals surface area contributed by atoms with Crippen LogP contribution >= 0.6 is 0 Å². The van der Waals surface area contributed by atoms with E-state index < -0.39 is 124 Å². The summed E-state index contributed by atoms with van der Waals surface area (Å²) < 4.78 is 35.0. The van der Waals surface area contributed by atoms with Crippen LogP contribution in [0.1, 0.15) is 147 Å². The largest absolute Gasteiger partial charge is 0.467 e. The summed E-state index contributed by atoms with van der Waals surface area (Å²) in [7, 11) is 1.17. The van der Waals surface area contributed by atoms with Crippen molar-refractivity contribution < 1.29 is 66.8 Å². The Morgan fingerprint density at radius 2 is 0.968 bits per heavy atom. The van der Waals surface area contributed by atoms with Gasteiger partial charge in [0.2, 0.25) is 29.5 Å². The van der Waals surface area contributed by atoms with Crippen LogP contribution in [0.2, 0.25) is 0 Å². The third-order valence-corrected chi connectivity index (χ3v) is 14.5. The van der Waals surface area contributed by atoms with Crippen molar-refractivity contribution in [3.8, 4) is 11.1 Å². The van der Waals surface area contributed by atoms with Gasteiger partial charge in [-0.25, -0.2) is 14.4 Å². The number of carbonyl (C=O) groups is 8. The van der Waals surface area contributed by atoms with E-state index in [4.69, 9.17) is 28.4 Å². The highest BCUT2D eigenvalue weighted by Crippen LogP contribution is 2.29. The van der Waals surface area contributed by atoms with Gasteiger partial charge in [-0.2, -0.15) is 0 Å². The van der Waals surface area contributed by atoms with Gasteiger partial charge < -0.3 is 70.6 Å². The molecule has 93 heavy (non-hydrogen) atoms. The second-order valence-electron chi connectivity index (χ2n) is 27.7. The summed E-state index contributed by atoms with van der Waals surface area (Å²) in [6, 6.07) is 25.2. The van der Waals surface area contributed by atoms with Crippen LogP contribution < -0.4 is 37.2 Å². The zero-order chi connectivity index (χ0) is 69.1. The number of H-pyrrole nitrogens is 1. The number of para-hydroxylation sites is 1. The summed E-state index contributed by atoms with van der Waals surface area (Å²) in [6.07, 6.45) is -1.58. The Labute approximate surface area is 548 Å². The molecule has 508 valence electrons. The van der Waals surface area contributed by atoms with Gasteiger partial charge in [-0.05, 0) is 164 Å². The van der Waals surface area contributed by atoms with Gasteiger partial charge in [0.1, 0.15) is 41.4 Å². The van der Waals surface area contributed by atoms with Crippen LogP contribution in [0.15, 0.2) is 115 Å². The second-order valence-corrected chi connectivity index (χ2v) is 27.7. The number of alkyl carbamates (subject to hydrolysis) is 2. The molecule has 0 aliphatic rings. The summed E-state index contributed by atoms with van der Waals surface area (Å²) in [4.78, 5) is 118. The van der Waals surface area contributed by atoms with E-state index in [0.29, 0.717) is 23.1 Å². The topological polar surface area (TPSA) is 292 Å². The lowest BCUT2D eigenvalue weighted by Gasteiger charge is -2.34. The lowest BCUT2D eigenvalue weighted by atomic mass is 9.95. The van der Waals surface area contributed by atoms with Gasteiger partial charge in [-0.1, -0.05) is 103 Å². The van der Waals surface area contributed by atoms with Gasteiger partial charge in [-0.15, -0.1) is 0 Å². The van der Waals surface area contributed by atoms with Gasteiger partial charge in [0, 0.05) is 36.5 Å². The molecule has 0 aliphatic heterocycles. The molecule has 4 aromatic carbocycles. The minimum atomic E-state index is -1.55. The first kappa shape index (κ1) is 75.4. The molecule has 0 radical (unpaired) electrons. The van der Waals surface area contributed by atoms with E-state index in [2.05, 4.69) is 42.2 Å². The minimum absolute atomic E-state index is 0.0385. The number of ether oxygens (including phenoxy) is 6. The molecule has 8 atom stereocenters. The molecule has 22 nitrogen and oxygen atoms in total. The van der Waals surface area contributed by atoms with E-state index >= 15 is 14.4 Å². The highest BCUT2D eigenvalue weighted by molar-refractivity contribution is 5.97. The quantitative estimate of drug-likeness (QED) is 0.0121. The molecule has 5 rings (SSSR count). The van der Waals surface area contributed by atoms with Gasteiger partial charge in [0.15, 0.2) is 6.04 Å². The zero-order valence-electron chi connectivity index (χ0n) is 57.3. The van der Waals surface area contributed by atoms with Crippen LogP contribution in [0.25, 0.3) is 22.0 Å². The molecule has 0 aliphatic carbocycles. The lowest BCUT2D eigenvalue weighted by Crippen LogP contribution is -2.63. The highest BCUT2D eigenvalue weighted by atomic mass is 16.6. The molecular formula is C71H100N8O14. The number of methoxy groups -OCH3 is 1. The van der Waals surface area contributed by atoms with Crippen molar-refractivity contribution >= 4 is 58.6 Å². The fourth-order valence-electron chi connectivity index (χ4n) is 10.2. The van der Waals surface area contributed by atoms with Crippen LogP contribution in [-0.4, -0.2) is 144 Å². The van der Waals surface area contributed by atoms with Gasteiger partial charge in [0.05, 0.1) is 42.7 Å². The van der Waals surface area contributed by atoms with E-state index in [-0.39, 0.29) is 38.8 Å². The van der Waals surface area contributed by atoms with Crippen molar-refractivity contribution in [3.63, 3.8) is 0 Å². The maximum absolute atomic E-state index is 15.2. The third-order valence-electron chi connectivity index (χ3n) is 14.5. The monoisotopic (exact) mass is 1290 g/mol. The van der Waals surface area contributed by atoms with E-state index in [1.165, 1.54) is 7.11 Å². The molecule has 1 heterocycles. The van der Waals surface area contributed by atoms with Gasteiger partial charge in [-0.3, -0.25) is 24.0 Å². The second kappa shape index (κ2) is 33.5. The number of aromatic nitrogens is 1. The predicted octanol–water partition coefficient (Wildman–Crippen LogP) is 9.16. The summed E-state index contributed by atoms with van der Waals surface area (Å²) in [5, 5.41) is 20.3. The zero-order valence-corrected chi connectivity index (χ0v) is 57.3. The molecule has 0 bridgehead atoms. The Hall–Kier alpha value is -8.34. The molecule has 0 spiro atoms. The SMILES string of the molecule is COC(=O)[C@H](COC(C)(C)C)NC(=O)[C@@H](NC(=O)[C@H](Cc1ccccc1)NC(=O)[C@@H](NC(=O)[C@H](CCCCNC(=O)OC(C)(C)C)NC(=O)[C@H](Cc1c[nH]c2ccccc12)NC(=O)OC(C)(C)c1ccc(-c2ccccc2)cc1)[C@@H](C)OC(C)(C)C)[C@@H](C)OC(C)(C)C. The summed E-state index contributed by atoms with van der Waals surface area (Å²) in [5.41, 5.74) is 0.373. The summed E-state index contributed by atoms with van der Waals surface area (Å²) >= 11 is 0. The first-order valence-corrected chi connectivity index (χ1v) is 31.7. The Kier molecular flexibility index (Phi) is 27.1. The molecule has 1 aromatic heterocycles. The number of aromatic amines is 1. The molecular weight excluding hydrogens is 1190 g/mol. The number of unbranched alkanes of at least 4 members (excludes halogenated alkanes) is 1. The van der Waals surface area contributed by atoms with Crippen molar-refractivity contribution in [2.24, 2.45) is 0 Å². The number of nitrogens with one attached hydrogen (secondary N) is 8. The number of carbonyl (C=O) groups excluding carboxylic acids is 8. The van der Waals surface area contributed by atoms with Crippen LogP contribution in [0.4, 0.5) is 9.59 Å². The maximum atomic E-state index is 15.2. The van der Waals surface area contributed by atoms with E-state index in [9.17, 15) is 24.0 Å². The number of hydrogen-bond donors (Lipinski definition) is 8. The molecule has 0 unspecified atom stereocenters. The molecule has 0 saturated heterocycles. The van der Waals surface area contributed by atoms with Crippen LogP contribution in [-0.2, 0) is 75.6 Å². The van der Waals surface area contributed by atoms with Crippen molar-refractivity contribution in [1.29, 1.82) is 0 Å². The van der Waals surface area contributed by atoms with Crippen molar-refractivity contribution in [2.45, 2.75) is 219 Å². The minimum Gasteiger partial charge on any atom is -0.467 e. The molecule has 5 aromatic rings. The van der Waals surface area contributed by atoms with Gasteiger partial charge >= 0.3 is 18.2 Å². The summed E-state index contributed by atoms with van der Waals surface area (Å²) in [6.45, 7) is 27.7. The van der Waals surface area contributed by atoms with E-state index in [0.717, 1.165) is 22.0 Å². The average Bonchev–Trinajstić information content (AvgIpc) is 1.83. The molecule has 8 N–H and O–H groups in total. The molecule has 0 fully saturated rings.